The predicted octanol–water partition coefficient (Wildman–Crippen LogP) is 2.14. The number of nitrogens with one attached hydrogen (secondary N) is 1. The maximum absolute atomic E-state index is 5.22. The van der Waals surface area contributed by atoms with Crippen LogP contribution in [0.4, 0.5) is 0 Å². The molecule has 1 aromatic carbocycles. The summed E-state index contributed by atoms with van der Waals surface area (Å²) in [6, 6.07) is 5.79. The number of halogens is 1. The average molecular weight is 293 g/mol. The van der Waals surface area contributed by atoms with E-state index in [0.717, 1.165) is 23.6 Å². The highest BCUT2D eigenvalue weighted by atomic mass is 127. The van der Waals surface area contributed by atoms with Gasteiger partial charge in [0, 0.05) is 41.0 Å². The Hall–Kier alpha value is -0.490. The van der Waals surface area contributed by atoms with Crippen LogP contribution in [0.3, 0.4) is 0 Å². The number of hydrogen-bond donors (Lipinski definition) is 1. The molecule has 0 amide bonds. The van der Waals surface area contributed by atoms with Crippen molar-refractivity contribution in [2.45, 2.75) is 6.54 Å². The molecule has 0 bridgehead atoms. The van der Waals surface area contributed by atoms with Gasteiger partial charge in [-0.2, -0.15) is 0 Å². The van der Waals surface area contributed by atoms with Crippen LogP contribution in [0.15, 0.2) is 18.2 Å². The molecule has 0 atom stereocenters. The second kappa shape index (κ2) is 5.29. The fourth-order valence-corrected chi connectivity index (χ4v) is 1.48. The maximum Gasteiger partial charge on any atom is 0.127 e. The lowest BCUT2D eigenvalue weighted by atomic mass is 10.2. The van der Waals surface area contributed by atoms with Crippen LogP contribution < -0.4 is 13.0 Å². The van der Waals surface area contributed by atoms with Gasteiger partial charge in [-0.1, -0.05) is 6.07 Å². The fourth-order valence-electron chi connectivity index (χ4n) is 1.07. The molecule has 1 aromatic rings. The molecule has 3 nitrogen and oxygen atoms in total. The normalized spacial score (nSPS) is 9.77. The highest BCUT2D eigenvalue weighted by Gasteiger charge is 2.03. The summed E-state index contributed by atoms with van der Waals surface area (Å²) in [5.74, 6) is 1.66. The Kier molecular flexibility index (Phi) is 4.31. The van der Waals surface area contributed by atoms with Gasteiger partial charge in [0.05, 0.1) is 14.2 Å². The Morgan fingerprint density at radius 2 is 2.08 bits per heavy atom. The molecule has 0 aromatic heterocycles. The van der Waals surface area contributed by atoms with Crippen LogP contribution >= 0.6 is 22.9 Å². The lowest BCUT2D eigenvalue weighted by molar-refractivity contribution is 0.391. The van der Waals surface area contributed by atoms with Gasteiger partial charge >= 0.3 is 0 Å². The van der Waals surface area contributed by atoms with Crippen LogP contribution in [0.2, 0.25) is 0 Å². The van der Waals surface area contributed by atoms with Crippen molar-refractivity contribution in [3.05, 3.63) is 23.8 Å². The quantitative estimate of drug-likeness (QED) is 0.681. The first-order valence-corrected chi connectivity index (χ1v) is 4.94. The van der Waals surface area contributed by atoms with Crippen LogP contribution in [0.5, 0.6) is 11.5 Å². The van der Waals surface area contributed by atoms with E-state index in [2.05, 4.69) is 26.4 Å². The number of hydrogen-bond acceptors (Lipinski definition) is 3. The van der Waals surface area contributed by atoms with Crippen LogP contribution in [0.25, 0.3) is 0 Å². The Balaban J connectivity index is 2.93. The molecule has 1 rings (SSSR count). The van der Waals surface area contributed by atoms with Gasteiger partial charge in [-0.3, -0.25) is 3.53 Å². The second-order valence-corrected chi connectivity index (χ2v) is 3.25. The Bertz CT molecular complexity index is 278. The molecule has 0 aliphatic rings. The third-order valence-corrected chi connectivity index (χ3v) is 2.13. The molecule has 1 N–H and O–H groups in total. The predicted molar refractivity (Wildman–Crippen MR) is 60.4 cm³/mol. The first-order chi connectivity index (χ1) is 6.31. The van der Waals surface area contributed by atoms with Crippen LogP contribution in [-0.2, 0) is 6.54 Å². The lowest BCUT2D eigenvalue weighted by Crippen LogP contribution is -2.00. The van der Waals surface area contributed by atoms with Gasteiger partial charge in [-0.05, 0) is 6.07 Å². The molecule has 0 unspecified atom stereocenters. The third-order valence-electron chi connectivity index (χ3n) is 1.75. The Morgan fingerprint density at radius 3 is 2.62 bits per heavy atom. The molecule has 0 fully saturated rings. The summed E-state index contributed by atoms with van der Waals surface area (Å²) in [7, 11) is 3.30. The average Bonchev–Trinajstić information content (AvgIpc) is 2.19. The zero-order valence-electron chi connectivity index (χ0n) is 7.63. The zero-order valence-corrected chi connectivity index (χ0v) is 9.79. The van der Waals surface area contributed by atoms with Gasteiger partial charge < -0.3 is 9.47 Å². The summed E-state index contributed by atoms with van der Waals surface area (Å²) >= 11 is 2.11. The largest absolute Gasteiger partial charge is 0.497 e. The van der Waals surface area contributed by atoms with E-state index in [0.29, 0.717) is 0 Å². The first kappa shape index (κ1) is 10.6. The summed E-state index contributed by atoms with van der Waals surface area (Å²) in [5.41, 5.74) is 1.12. The van der Waals surface area contributed by atoms with E-state index >= 15 is 0 Å². The van der Waals surface area contributed by atoms with Gasteiger partial charge in [0.25, 0.3) is 0 Å². The fraction of sp³-hybridized carbons (Fsp3) is 0.333. The molecule has 13 heavy (non-hydrogen) atoms. The molecule has 4 heteroatoms. The van der Waals surface area contributed by atoms with Gasteiger partial charge in [-0.15, -0.1) is 0 Å². The van der Waals surface area contributed by atoms with E-state index in [1.165, 1.54) is 0 Å². The van der Waals surface area contributed by atoms with Crippen molar-refractivity contribution in [3.63, 3.8) is 0 Å². The number of methoxy groups -OCH3 is 2. The van der Waals surface area contributed by atoms with Crippen LogP contribution in [-0.4, -0.2) is 14.2 Å². The molecule has 0 spiro atoms. The highest BCUT2D eigenvalue weighted by molar-refractivity contribution is 14.1. The molecular formula is C9H12INO2. The summed E-state index contributed by atoms with van der Waals surface area (Å²) in [4.78, 5) is 0. The van der Waals surface area contributed by atoms with Crippen molar-refractivity contribution < 1.29 is 9.47 Å². The summed E-state index contributed by atoms with van der Waals surface area (Å²) in [6.07, 6.45) is 0. The van der Waals surface area contributed by atoms with E-state index in [1.807, 2.05) is 18.2 Å². The summed E-state index contributed by atoms with van der Waals surface area (Å²) in [6.45, 7) is 0.785. The van der Waals surface area contributed by atoms with Crippen molar-refractivity contribution in [1.82, 2.24) is 3.53 Å². The van der Waals surface area contributed by atoms with Crippen molar-refractivity contribution in [1.29, 1.82) is 0 Å². The Morgan fingerprint density at radius 1 is 1.31 bits per heavy atom. The number of benzene rings is 1. The van der Waals surface area contributed by atoms with E-state index < -0.39 is 0 Å². The summed E-state index contributed by atoms with van der Waals surface area (Å²) in [5, 5.41) is 0. The number of ether oxygens (including phenoxy) is 2. The van der Waals surface area contributed by atoms with E-state index in [4.69, 9.17) is 9.47 Å². The number of rotatable bonds is 4. The second-order valence-electron chi connectivity index (χ2n) is 2.49. The SMILES string of the molecule is COc1ccc(CNI)c(OC)c1. The third kappa shape index (κ3) is 2.73. The molecule has 0 heterocycles. The minimum absolute atomic E-state index is 0.785. The molecule has 0 saturated heterocycles. The highest BCUT2D eigenvalue weighted by Crippen LogP contribution is 2.24. The summed E-state index contributed by atoms with van der Waals surface area (Å²) < 4.78 is 13.3. The van der Waals surface area contributed by atoms with Crippen LogP contribution in [0.1, 0.15) is 5.56 Å². The van der Waals surface area contributed by atoms with Crippen molar-refractivity contribution in [2.75, 3.05) is 14.2 Å². The monoisotopic (exact) mass is 293 g/mol. The molecule has 0 saturated carbocycles. The van der Waals surface area contributed by atoms with Crippen molar-refractivity contribution in [2.24, 2.45) is 0 Å². The smallest absolute Gasteiger partial charge is 0.127 e. The minimum atomic E-state index is 0.785. The minimum Gasteiger partial charge on any atom is -0.497 e. The Labute approximate surface area is 91.9 Å². The van der Waals surface area contributed by atoms with E-state index in [1.54, 1.807) is 14.2 Å². The van der Waals surface area contributed by atoms with E-state index in [9.17, 15) is 0 Å². The van der Waals surface area contributed by atoms with Gasteiger partial charge in [0.15, 0.2) is 0 Å². The van der Waals surface area contributed by atoms with Gasteiger partial charge in [0.2, 0.25) is 0 Å². The van der Waals surface area contributed by atoms with Gasteiger partial charge in [0.1, 0.15) is 11.5 Å². The van der Waals surface area contributed by atoms with Gasteiger partial charge in [-0.25, -0.2) is 0 Å². The molecule has 72 valence electrons. The molecule has 0 aliphatic heterocycles. The lowest BCUT2D eigenvalue weighted by Gasteiger charge is -2.08. The standard InChI is InChI=1S/C9H12INO2/c1-12-8-4-3-7(6-11-10)9(5-8)13-2/h3-5,11H,6H2,1-2H3. The first-order valence-electron chi connectivity index (χ1n) is 3.86. The molecule has 0 radical (unpaired) electrons. The molecule has 0 aliphatic carbocycles. The van der Waals surface area contributed by atoms with Crippen molar-refractivity contribution in [3.8, 4) is 11.5 Å². The van der Waals surface area contributed by atoms with E-state index in [-0.39, 0.29) is 0 Å². The zero-order chi connectivity index (χ0) is 9.68. The maximum atomic E-state index is 5.22. The van der Waals surface area contributed by atoms with Crippen LogP contribution in [0, 0.1) is 0 Å². The molecular weight excluding hydrogens is 281 g/mol. The topological polar surface area (TPSA) is 30.5 Å². The van der Waals surface area contributed by atoms with Crippen molar-refractivity contribution >= 4 is 22.9 Å².